The lowest BCUT2D eigenvalue weighted by molar-refractivity contribution is -0.139. The van der Waals surface area contributed by atoms with Crippen molar-refractivity contribution in [1.29, 1.82) is 0 Å². The zero-order valence-corrected chi connectivity index (χ0v) is 14.3. The zero-order chi connectivity index (χ0) is 15.8. The number of rotatable bonds is 6. The molecule has 0 radical (unpaired) electrons. The van der Waals surface area contributed by atoms with E-state index in [2.05, 4.69) is 12.1 Å². The minimum absolute atomic E-state index is 0. The second kappa shape index (κ2) is 10.2. The van der Waals surface area contributed by atoms with Gasteiger partial charge in [0.05, 0.1) is 0 Å². The van der Waals surface area contributed by atoms with Gasteiger partial charge in [-0.3, -0.25) is 9.59 Å². The van der Waals surface area contributed by atoms with Gasteiger partial charge in [0.2, 0.25) is 11.8 Å². The molecule has 0 aliphatic carbocycles. The molecule has 2 N–H and O–H groups in total. The lowest BCUT2D eigenvalue weighted by Crippen LogP contribution is -2.50. The van der Waals surface area contributed by atoms with Crippen LogP contribution in [-0.2, 0) is 16.0 Å². The molecule has 1 fully saturated rings. The summed E-state index contributed by atoms with van der Waals surface area (Å²) >= 11 is 0. The molecule has 1 aromatic rings. The number of amides is 2. The number of nitrogens with two attached hydrogens (primary N) is 1. The molecule has 2 rings (SSSR count). The molecule has 1 aliphatic rings. The van der Waals surface area contributed by atoms with E-state index in [1.165, 1.54) is 5.56 Å². The van der Waals surface area contributed by atoms with Crippen LogP contribution in [0, 0.1) is 0 Å². The Hall–Kier alpha value is -1.59. The minimum atomic E-state index is 0. The Morgan fingerprint density at radius 2 is 1.43 bits per heavy atom. The van der Waals surface area contributed by atoms with Gasteiger partial charge in [-0.2, -0.15) is 0 Å². The number of hydrogen-bond acceptors (Lipinski definition) is 3. The number of carbonyl (C=O) groups is 2. The number of carbonyl (C=O) groups excluding carboxylic acids is 2. The molecule has 0 spiro atoms. The summed E-state index contributed by atoms with van der Waals surface area (Å²) in [6, 6.07) is 10.2. The molecule has 23 heavy (non-hydrogen) atoms. The Labute approximate surface area is 144 Å². The first kappa shape index (κ1) is 19.5. The summed E-state index contributed by atoms with van der Waals surface area (Å²) in [4.78, 5) is 27.6. The van der Waals surface area contributed by atoms with Crippen molar-refractivity contribution in [3.8, 4) is 0 Å². The molecule has 1 aromatic carbocycles. The van der Waals surface area contributed by atoms with Crippen molar-refractivity contribution < 1.29 is 9.59 Å². The predicted molar refractivity (Wildman–Crippen MR) is 93.5 cm³/mol. The van der Waals surface area contributed by atoms with Crippen molar-refractivity contribution in [1.82, 2.24) is 9.80 Å². The third kappa shape index (κ3) is 6.20. The van der Waals surface area contributed by atoms with Crippen LogP contribution in [0.5, 0.6) is 0 Å². The molecular formula is C17H26ClN3O2. The van der Waals surface area contributed by atoms with Crippen molar-refractivity contribution in [3.05, 3.63) is 35.9 Å². The monoisotopic (exact) mass is 339 g/mol. The molecule has 1 heterocycles. The number of aryl methyl sites for hydroxylation is 1. The predicted octanol–water partition coefficient (Wildman–Crippen LogP) is 1.45. The average molecular weight is 340 g/mol. The fraction of sp³-hybridized carbons (Fsp3) is 0.529. The van der Waals surface area contributed by atoms with E-state index in [0.29, 0.717) is 45.6 Å². The van der Waals surface area contributed by atoms with E-state index in [9.17, 15) is 9.59 Å². The Balaban J connectivity index is 0.00000264. The van der Waals surface area contributed by atoms with E-state index < -0.39 is 0 Å². The van der Waals surface area contributed by atoms with Crippen molar-refractivity contribution >= 4 is 24.2 Å². The summed E-state index contributed by atoms with van der Waals surface area (Å²) in [5.74, 6) is 0.292. The van der Waals surface area contributed by atoms with E-state index in [1.54, 1.807) is 4.90 Å². The van der Waals surface area contributed by atoms with E-state index in [0.717, 1.165) is 12.8 Å². The Kier molecular flexibility index (Phi) is 8.66. The van der Waals surface area contributed by atoms with E-state index in [4.69, 9.17) is 5.73 Å². The Morgan fingerprint density at radius 1 is 0.913 bits per heavy atom. The molecule has 0 saturated carbocycles. The molecule has 0 unspecified atom stereocenters. The maximum absolute atomic E-state index is 12.2. The molecule has 128 valence electrons. The van der Waals surface area contributed by atoms with Gasteiger partial charge in [0.15, 0.2) is 0 Å². The minimum Gasteiger partial charge on any atom is -0.339 e. The molecule has 5 nitrogen and oxygen atoms in total. The van der Waals surface area contributed by atoms with Crippen LogP contribution in [0.2, 0.25) is 0 Å². The van der Waals surface area contributed by atoms with Gasteiger partial charge in [-0.1, -0.05) is 30.3 Å². The van der Waals surface area contributed by atoms with Crippen LogP contribution < -0.4 is 5.73 Å². The Morgan fingerprint density at radius 3 is 1.96 bits per heavy atom. The molecule has 1 saturated heterocycles. The summed E-state index contributed by atoms with van der Waals surface area (Å²) in [6.07, 6.45) is 2.77. The van der Waals surface area contributed by atoms with Crippen LogP contribution in [0.4, 0.5) is 0 Å². The SMILES string of the molecule is Cl.NCCC(=O)N1CCN(C(=O)CCCc2ccccc2)CC1. The Bertz CT molecular complexity index is 488. The topological polar surface area (TPSA) is 66.6 Å². The quantitative estimate of drug-likeness (QED) is 0.853. The highest BCUT2D eigenvalue weighted by molar-refractivity contribution is 5.85. The highest BCUT2D eigenvalue weighted by Crippen LogP contribution is 2.09. The number of piperazine rings is 1. The van der Waals surface area contributed by atoms with Crippen LogP contribution in [0.25, 0.3) is 0 Å². The smallest absolute Gasteiger partial charge is 0.223 e. The fourth-order valence-corrected chi connectivity index (χ4v) is 2.73. The van der Waals surface area contributed by atoms with Gasteiger partial charge in [0.1, 0.15) is 0 Å². The first-order chi connectivity index (χ1) is 10.7. The highest BCUT2D eigenvalue weighted by atomic mass is 35.5. The third-order valence-corrected chi connectivity index (χ3v) is 4.04. The molecular weight excluding hydrogens is 314 g/mol. The van der Waals surface area contributed by atoms with Gasteiger partial charge in [0.25, 0.3) is 0 Å². The lowest BCUT2D eigenvalue weighted by Gasteiger charge is -2.35. The van der Waals surface area contributed by atoms with Crippen LogP contribution in [0.3, 0.4) is 0 Å². The van der Waals surface area contributed by atoms with Crippen LogP contribution in [-0.4, -0.2) is 54.3 Å². The van der Waals surface area contributed by atoms with Gasteiger partial charge in [-0.25, -0.2) is 0 Å². The summed E-state index contributed by atoms with van der Waals surface area (Å²) in [5.41, 5.74) is 6.67. The average Bonchev–Trinajstić information content (AvgIpc) is 2.56. The highest BCUT2D eigenvalue weighted by Gasteiger charge is 2.23. The van der Waals surface area contributed by atoms with Crippen LogP contribution >= 0.6 is 12.4 Å². The second-order valence-electron chi connectivity index (χ2n) is 5.64. The first-order valence-electron chi connectivity index (χ1n) is 8.00. The molecule has 6 heteroatoms. The van der Waals surface area contributed by atoms with Gasteiger partial charge in [-0.05, 0) is 18.4 Å². The largest absolute Gasteiger partial charge is 0.339 e. The summed E-state index contributed by atoms with van der Waals surface area (Å²) in [5, 5.41) is 0. The van der Waals surface area contributed by atoms with Gasteiger partial charge >= 0.3 is 0 Å². The maximum Gasteiger partial charge on any atom is 0.223 e. The third-order valence-electron chi connectivity index (χ3n) is 4.04. The van der Waals surface area contributed by atoms with Gasteiger partial charge in [0, 0.05) is 45.6 Å². The van der Waals surface area contributed by atoms with Crippen molar-refractivity contribution in [3.63, 3.8) is 0 Å². The van der Waals surface area contributed by atoms with Crippen molar-refractivity contribution in [2.45, 2.75) is 25.7 Å². The molecule has 0 bridgehead atoms. The zero-order valence-electron chi connectivity index (χ0n) is 13.4. The molecule has 1 aliphatic heterocycles. The van der Waals surface area contributed by atoms with E-state index >= 15 is 0 Å². The standard InChI is InChI=1S/C17H25N3O2.ClH/c18-10-9-17(22)20-13-11-19(12-14-20)16(21)8-4-7-15-5-2-1-3-6-15;/h1-3,5-6H,4,7-14,18H2;1H. The normalized spacial score (nSPS) is 14.3. The first-order valence-corrected chi connectivity index (χ1v) is 8.00. The molecule has 0 aromatic heterocycles. The number of nitrogens with zero attached hydrogens (tertiary/aromatic N) is 2. The molecule has 0 atom stereocenters. The van der Waals surface area contributed by atoms with Crippen molar-refractivity contribution in [2.24, 2.45) is 5.73 Å². The van der Waals surface area contributed by atoms with Gasteiger partial charge in [-0.15, -0.1) is 12.4 Å². The fourth-order valence-electron chi connectivity index (χ4n) is 2.73. The number of halogens is 1. The maximum atomic E-state index is 12.2. The van der Waals surface area contributed by atoms with E-state index in [1.807, 2.05) is 23.1 Å². The van der Waals surface area contributed by atoms with Crippen LogP contribution in [0.1, 0.15) is 24.8 Å². The van der Waals surface area contributed by atoms with Gasteiger partial charge < -0.3 is 15.5 Å². The summed E-state index contributed by atoms with van der Waals surface area (Å²) in [7, 11) is 0. The summed E-state index contributed by atoms with van der Waals surface area (Å²) in [6.45, 7) is 2.92. The molecule has 2 amide bonds. The number of benzene rings is 1. The van der Waals surface area contributed by atoms with Crippen LogP contribution in [0.15, 0.2) is 30.3 Å². The number of hydrogen-bond donors (Lipinski definition) is 1. The second-order valence-corrected chi connectivity index (χ2v) is 5.64. The van der Waals surface area contributed by atoms with Crippen molar-refractivity contribution in [2.75, 3.05) is 32.7 Å². The van der Waals surface area contributed by atoms with E-state index in [-0.39, 0.29) is 24.2 Å². The lowest BCUT2D eigenvalue weighted by atomic mass is 10.1. The summed E-state index contributed by atoms with van der Waals surface area (Å²) < 4.78 is 0.